The summed E-state index contributed by atoms with van der Waals surface area (Å²) in [6, 6.07) is 12.6. The smallest absolute Gasteiger partial charge is 0.269 e. The van der Waals surface area contributed by atoms with Crippen LogP contribution in [0.3, 0.4) is 0 Å². The van der Waals surface area contributed by atoms with Crippen molar-refractivity contribution in [2.24, 2.45) is 11.8 Å². The third kappa shape index (κ3) is 2.61. The van der Waals surface area contributed by atoms with Gasteiger partial charge in [-0.05, 0) is 12.6 Å². The molecule has 1 fully saturated rings. The van der Waals surface area contributed by atoms with Gasteiger partial charge < -0.3 is 0 Å². The molecule has 3 aliphatic rings. The van der Waals surface area contributed by atoms with E-state index in [0.717, 1.165) is 0 Å². The fourth-order valence-electron chi connectivity index (χ4n) is 5.52. The van der Waals surface area contributed by atoms with Crippen LogP contribution in [0.15, 0.2) is 72.8 Å². The average molecular weight is 428 g/mol. The van der Waals surface area contributed by atoms with Gasteiger partial charge in [-0.3, -0.25) is 29.4 Å². The van der Waals surface area contributed by atoms with Crippen molar-refractivity contribution in [2.45, 2.75) is 11.5 Å². The molecule has 1 heterocycles. The third-order valence-electron chi connectivity index (χ3n) is 6.92. The van der Waals surface area contributed by atoms with Gasteiger partial charge in [0.25, 0.3) is 5.69 Å². The molecule has 7 nitrogen and oxygen atoms in total. The zero-order valence-electron chi connectivity index (χ0n) is 17.3. The second-order valence-corrected chi connectivity index (χ2v) is 8.48. The Kier molecular flexibility index (Phi) is 4.53. The lowest BCUT2D eigenvalue weighted by Crippen LogP contribution is -2.54. The van der Waals surface area contributed by atoms with Crippen LogP contribution < -0.4 is 0 Å². The molecular formula is C25H20N2O5. The maximum absolute atomic E-state index is 13.8. The van der Waals surface area contributed by atoms with Crippen molar-refractivity contribution in [1.29, 1.82) is 0 Å². The van der Waals surface area contributed by atoms with Crippen LogP contribution in [0.25, 0.3) is 0 Å². The first-order valence-electron chi connectivity index (χ1n) is 10.4. The second kappa shape index (κ2) is 7.17. The number of nitro benzene ring substituents is 1. The van der Waals surface area contributed by atoms with Gasteiger partial charge in [0.1, 0.15) is 5.78 Å². The monoisotopic (exact) mass is 428 g/mol. The molecule has 2 atom stereocenters. The number of fused-ring (bicyclic) bond motifs is 1. The molecule has 2 aromatic rings. The number of nitrogens with zero attached hydrogens (tertiary/aromatic N) is 2. The minimum absolute atomic E-state index is 0.105. The number of benzene rings is 2. The van der Waals surface area contributed by atoms with E-state index >= 15 is 0 Å². The van der Waals surface area contributed by atoms with Crippen molar-refractivity contribution in [3.63, 3.8) is 0 Å². The highest BCUT2D eigenvalue weighted by atomic mass is 16.6. The van der Waals surface area contributed by atoms with Gasteiger partial charge in [0.15, 0.2) is 17.1 Å². The highest BCUT2D eigenvalue weighted by molar-refractivity contribution is 6.34. The number of rotatable bonds is 4. The number of hydrogen-bond donors (Lipinski definition) is 0. The first-order valence-corrected chi connectivity index (χ1v) is 10.4. The third-order valence-corrected chi connectivity index (χ3v) is 6.92. The maximum atomic E-state index is 13.8. The van der Waals surface area contributed by atoms with Gasteiger partial charge in [0.2, 0.25) is 0 Å². The van der Waals surface area contributed by atoms with Crippen LogP contribution >= 0.6 is 0 Å². The highest BCUT2D eigenvalue weighted by Crippen LogP contribution is 2.53. The van der Waals surface area contributed by atoms with Crippen LogP contribution in [-0.2, 0) is 4.79 Å². The van der Waals surface area contributed by atoms with E-state index < -0.39 is 28.2 Å². The second-order valence-electron chi connectivity index (χ2n) is 8.48. The minimum atomic E-state index is -1.61. The molecule has 2 aromatic carbocycles. The van der Waals surface area contributed by atoms with E-state index in [9.17, 15) is 24.5 Å². The van der Waals surface area contributed by atoms with Crippen LogP contribution in [0.2, 0.25) is 0 Å². The number of likely N-dealkylation sites (tertiary alicyclic amines) is 1. The Balaban J connectivity index is 1.72. The summed E-state index contributed by atoms with van der Waals surface area (Å²) in [5.74, 6) is -2.78. The van der Waals surface area contributed by atoms with E-state index in [1.54, 1.807) is 66.6 Å². The van der Waals surface area contributed by atoms with Crippen molar-refractivity contribution in [2.75, 3.05) is 13.6 Å². The van der Waals surface area contributed by atoms with Crippen molar-refractivity contribution in [3.05, 3.63) is 99.6 Å². The Morgan fingerprint density at radius 1 is 1.03 bits per heavy atom. The first-order chi connectivity index (χ1) is 15.4. The minimum Gasteiger partial charge on any atom is -0.298 e. The number of nitro groups is 1. The highest BCUT2D eigenvalue weighted by Gasteiger charge is 2.67. The standard InChI is InChI=1S/C25H20N2O5/c1-26-14-20(22(28)15-7-2-3-8-15)21(16-9-6-10-17(13-16)27(31)32)25(26)23(29)18-11-4-5-12-19(18)24(25)30/h2-13,15,20-21H,14H2,1H3/t20-,21+/m1/s1. The van der Waals surface area contributed by atoms with Crippen LogP contribution in [0.5, 0.6) is 0 Å². The molecule has 1 aliphatic heterocycles. The Morgan fingerprint density at radius 3 is 2.25 bits per heavy atom. The Labute approximate surface area is 184 Å². The van der Waals surface area contributed by atoms with E-state index in [4.69, 9.17) is 0 Å². The molecule has 0 aromatic heterocycles. The quantitative estimate of drug-likeness (QED) is 0.421. The summed E-state index contributed by atoms with van der Waals surface area (Å²) >= 11 is 0. The van der Waals surface area contributed by atoms with Crippen LogP contribution in [0.1, 0.15) is 32.2 Å². The molecule has 7 heteroatoms. The molecule has 32 heavy (non-hydrogen) atoms. The largest absolute Gasteiger partial charge is 0.298 e. The summed E-state index contributed by atoms with van der Waals surface area (Å²) in [6.45, 7) is 0.204. The zero-order chi connectivity index (χ0) is 22.6. The number of Topliss-reactive ketones (excluding diaryl/α,β-unsaturated/α-hetero) is 3. The maximum Gasteiger partial charge on any atom is 0.269 e. The number of hydrogen-bond acceptors (Lipinski definition) is 6. The predicted octanol–water partition coefficient (Wildman–Crippen LogP) is 3.37. The predicted molar refractivity (Wildman–Crippen MR) is 117 cm³/mol. The lowest BCUT2D eigenvalue weighted by Gasteiger charge is -2.35. The lowest BCUT2D eigenvalue weighted by atomic mass is 9.70. The lowest BCUT2D eigenvalue weighted by molar-refractivity contribution is -0.384. The summed E-state index contributed by atoms with van der Waals surface area (Å²) in [5.41, 5.74) is -0.649. The van der Waals surface area contributed by atoms with Gasteiger partial charge in [-0.15, -0.1) is 0 Å². The number of allylic oxidation sites excluding steroid dienone is 4. The van der Waals surface area contributed by atoms with E-state index in [0.29, 0.717) is 16.7 Å². The average Bonchev–Trinajstić information content (AvgIpc) is 3.49. The summed E-state index contributed by atoms with van der Waals surface area (Å²) < 4.78 is 0. The van der Waals surface area contributed by atoms with Gasteiger partial charge in [-0.25, -0.2) is 0 Å². The van der Waals surface area contributed by atoms with Crippen LogP contribution in [-0.4, -0.2) is 46.3 Å². The molecule has 160 valence electrons. The Hall–Kier alpha value is -3.71. The molecule has 1 saturated heterocycles. The van der Waals surface area contributed by atoms with Crippen molar-refractivity contribution < 1.29 is 19.3 Å². The van der Waals surface area contributed by atoms with Crippen molar-refractivity contribution >= 4 is 23.0 Å². The molecule has 0 amide bonds. The van der Waals surface area contributed by atoms with Gasteiger partial charge in [0.05, 0.1) is 10.8 Å². The van der Waals surface area contributed by atoms with Crippen LogP contribution in [0.4, 0.5) is 5.69 Å². The molecule has 0 radical (unpaired) electrons. The number of ketones is 3. The molecule has 0 saturated carbocycles. The summed E-state index contributed by atoms with van der Waals surface area (Å²) in [7, 11) is 1.68. The number of likely N-dealkylation sites (N-methyl/N-ethyl adjacent to an activating group) is 1. The van der Waals surface area contributed by atoms with Gasteiger partial charge in [0, 0.05) is 41.6 Å². The Bertz CT molecular complexity index is 1200. The first kappa shape index (κ1) is 20.2. The van der Waals surface area contributed by atoms with Gasteiger partial charge in [-0.1, -0.05) is 60.7 Å². The fourth-order valence-corrected chi connectivity index (χ4v) is 5.52. The number of non-ortho nitro benzene ring substituents is 1. The summed E-state index contributed by atoms with van der Waals surface area (Å²) in [5, 5.41) is 11.5. The normalized spacial score (nSPS) is 23.9. The van der Waals surface area contributed by atoms with E-state index in [1.807, 2.05) is 0 Å². The molecular weight excluding hydrogens is 408 g/mol. The summed E-state index contributed by atoms with van der Waals surface area (Å²) in [6.07, 6.45) is 7.15. The topological polar surface area (TPSA) is 97.6 Å². The van der Waals surface area contributed by atoms with Crippen molar-refractivity contribution in [1.82, 2.24) is 4.90 Å². The van der Waals surface area contributed by atoms with Gasteiger partial charge >= 0.3 is 0 Å². The Morgan fingerprint density at radius 2 is 1.66 bits per heavy atom. The van der Waals surface area contributed by atoms with E-state index in [1.165, 1.54) is 18.2 Å². The molecule has 5 rings (SSSR count). The molecule has 1 spiro atoms. The van der Waals surface area contributed by atoms with Crippen LogP contribution in [0, 0.1) is 22.0 Å². The SMILES string of the molecule is CN1C[C@@H](C(=O)C2C=CC=C2)[C@H](c2cccc([N+](=O)[O-])c2)C12C(=O)c1ccccc1C2=O. The number of carbonyl (C=O) groups excluding carboxylic acids is 3. The van der Waals surface area contributed by atoms with Crippen molar-refractivity contribution in [3.8, 4) is 0 Å². The molecule has 0 bridgehead atoms. The number of carbonyl (C=O) groups is 3. The molecule has 2 aliphatic carbocycles. The van der Waals surface area contributed by atoms with E-state index in [2.05, 4.69) is 0 Å². The van der Waals surface area contributed by atoms with Gasteiger partial charge in [-0.2, -0.15) is 0 Å². The summed E-state index contributed by atoms with van der Waals surface area (Å²) in [4.78, 5) is 53.7. The van der Waals surface area contributed by atoms with E-state index in [-0.39, 0.29) is 29.6 Å². The molecule has 0 unspecified atom stereocenters. The molecule has 0 N–H and O–H groups in total. The fraction of sp³-hybridized carbons (Fsp3) is 0.240. The zero-order valence-corrected chi connectivity index (χ0v) is 17.3.